The lowest BCUT2D eigenvalue weighted by atomic mass is 10.2. The molecule has 0 atom stereocenters. The van der Waals surface area contributed by atoms with E-state index in [1.165, 1.54) is 23.3 Å². The van der Waals surface area contributed by atoms with E-state index >= 15 is 0 Å². The van der Waals surface area contributed by atoms with Crippen LogP contribution in [0.15, 0.2) is 78.2 Å². The van der Waals surface area contributed by atoms with Gasteiger partial charge in [-0.1, -0.05) is 29.8 Å². The minimum atomic E-state index is -4.27. The highest BCUT2D eigenvalue weighted by molar-refractivity contribution is 7.85. The smallest absolute Gasteiger partial charge is 0.169 e. The maximum Gasteiger partial charge on any atom is 0.169 e. The number of benzene rings is 1. The van der Waals surface area contributed by atoms with Gasteiger partial charge >= 0.3 is 0 Å². The average molecular weight is 368 g/mol. The molecule has 26 heavy (non-hydrogen) atoms. The summed E-state index contributed by atoms with van der Waals surface area (Å²) in [6.07, 6.45) is 11.8. The van der Waals surface area contributed by atoms with Crippen molar-refractivity contribution < 1.29 is 17.5 Å². The van der Waals surface area contributed by atoms with Crippen LogP contribution in [0.4, 0.5) is 0 Å². The lowest BCUT2D eigenvalue weighted by molar-refractivity contribution is -0.671. The van der Waals surface area contributed by atoms with Gasteiger partial charge in [0.05, 0.1) is 4.90 Å². The van der Waals surface area contributed by atoms with Crippen molar-refractivity contribution in [2.24, 2.45) is 7.05 Å². The number of aromatic nitrogens is 2. The Morgan fingerprint density at radius 2 is 1.38 bits per heavy atom. The van der Waals surface area contributed by atoms with E-state index < -0.39 is 10.1 Å². The fourth-order valence-corrected chi connectivity index (χ4v) is 2.46. The minimum Gasteiger partial charge on any atom is -0.744 e. The summed E-state index contributed by atoms with van der Waals surface area (Å²) >= 11 is 0. The Bertz CT molecular complexity index is 950. The summed E-state index contributed by atoms with van der Waals surface area (Å²) in [5.41, 5.74) is 3.29. The number of rotatable bonds is 3. The van der Waals surface area contributed by atoms with Crippen LogP contribution in [0.1, 0.15) is 16.7 Å². The van der Waals surface area contributed by atoms with Crippen LogP contribution in [0.25, 0.3) is 12.2 Å². The highest BCUT2D eigenvalue weighted by atomic mass is 32.2. The summed E-state index contributed by atoms with van der Waals surface area (Å²) in [5, 5.41) is 0. The van der Waals surface area contributed by atoms with Crippen molar-refractivity contribution in [2.45, 2.75) is 11.8 Å². The van der Waals surface area contributed by atoms with Gasteiger partial charge < -0.3 is 4.55 Å². The van der Waals surface area contributed by atoms with Crippen LogP contribution >= 0.6 is 0 Å². The van der Waals surface area contributed by atoms with E-state index in [4.69, 9.17) is 0 Å². The third-order valence-corrected chi connectivity index (χ3v) is 4.34. The molecule has 0 fully saturated rings. The lowest BCUT2D eigenvalue weighted by Gasteiger charge is -2.05. The quantitative estimate of drug-likeness (QED) is 0.526. The first-order valence-corrected chi connectivity index (χ1v) is 9.31. The first-order valence-electron chi connectivity index (χ1n) is 7.90. The number of hydrogen-bond donors (Lipinski definition) is 0. The lowest BCUT2D eigenvalue weighted by Crippen LogP contribution is -2.25. The summed E-state index contributed by atoms with van der Waals surface area (Å²) in [6, 6.07) is 13.9. The minimum absolute atomic E-state index is 0.178. The SMILES string of the molecule is C[n+]1ccc(C=Cc2ccncc2)cc1.Cc1ccc(S(=O)(=O)[O-])cc1. The number of aryl methyl sites for hydroxylation is 2. The fourth-order valence-electron chi connectivity index (χ4n) is 2.00. The van der Waals surface area contributed by atoms with E-state index in [2.05, 4.69) is 29.3 Å². The molecule has 3 rings (SSSR count). The summed E-state index contributed by atoms with van der Waals surface area (Å²) < 4.78 is 33.2. The molecule has 1 aromatic carbocycles. The normalized spacial score (nSPS) is 11.0. The molecule has 0 aliphatic rings. The Kier molecular flexibility index (Phi) is 6.77. The zero-order chi connectivity index (χ0) is 19.0. The first-order chi connectivity index (χ1) is 12.3. The summed E-state index contributed by atoms with van der Waals surface area (Å²) in [6.45, 7) is 1.82. The Labute approximate surface area is 154 Å². The molecule has 0 saturated heterocycles. The third-order valence-electron chi connectivity index (χ3n) is 3.49. The van der Waals surface area contributed by atoms with Gasteiger partial charge in [0.1, 0.15) is 17.2 Å². The molecular formula is C20H20N2O3S. The van der Waals surface area contributed by atoms with E-state index in [0.29, 0.717) is 0 Å². The van der Waals surface area contributed by atoms with Gasteiger partial charge in [0.15, 0.2) is 12.4 Å². The number of pyridine rings is 2. The third kappa shape index (κ3) is 6.58. The molecule has 2 heterocycles. The predicted molar refractivity (Wildman–Crippen MR) is 99.9 cm³/mol. The average Bonchev–Trinajstić information content (AvgIpc) is 2.62. The van der Waals surface area contributed by atoms with Gasteiger partial charge in [-0.15, -0.1) is 0 Å². The van der Waals surface area contributed by atoms with Crippen LogP contribution < -0.4 is 4.57 Å². The first kappa shape index (κ1) is 19.5. The molecule has 6 heteroatoms. The second-order valence-electron chi connectivity index (χ2n) is 5.68. The van der Waals surface area contributed by atoms with Crippen LogP contribution in [0.2, 0.25) is 0 Å². The van der Waals surface area contributed by atoms with Gasteiger partial charge in [-0.05, 0) is 42.3 Å². The fraction of sp³-hybridized carbons (Fsp3) is 0.100. The van der Waals surface area contributed by atoms with E-state index in [1.54, 1.807) is 24.5 Å². The van der Waals surface area contributed by atoms with Crippen LogP contribution in [0.3, 0.4) is 0 Å². The Morgan fingerprint density at radius 3 is 1.88 bits per heavy atom. The van der Waals surface area contributed by atoms with Gasteiger partial charge in [-0.2, -0.15) is 0 Å². The molecule has 2 aromatic heterocycles. The molecule has 0 unspecified atom stereocenters. The molecule has 0 radical (unpaired) electrons. The van der Waals surface area contributed by atoms with Gasteiger partial charge in [0.2, 0.25) is 0 Å². The largest absolute Gasteiger partial charge is 0.744 e. The molecule has 0 aliphatic heterocycles. The van der Waals surface area contributed by atoms with Gasteiger partial charge in [-0.3, -0.25) is 4.98 Å². The summed E-state index contributed by atoms with van der Waals surface area (Å²) in [5.74, 6) is 0. The van der Waals surface area contributed by atoms with E-state index in [-0.39, 0.29) is 4.90 Å². The molecule has 0 spiro atoms. The molecule has 3 aromatic rings. The van der Waals surface area contributed by atoms with E-state index in [0.717, 1.165) is 5.56 Å². The molecular weight excluding hydrogens is 348 g/mol. The summed E-state index contributed by atoms with van der Waals surface area (Å²) in [4.78, 5) is 3.80. The van der Waals surface area contributed by atoms with Crippen molar-refractivity contribution in [2.75, 3.05) is 0 Å². The van der Waals surface area contributed by atoms with Crippen molar-refractivity contribution in [1.29, 1.82) is 0 Å². The van der Waals surface area contributed by atoms with Crippen molar-refractivity contribution in [3.05, 3.63) is 90.0 Å². The molecule has 0 saturated carbocycles. The van der Waals surface area contributed by atoms with Gasteiger partial charge in [0, 0.05) is 24.5 Å². The molecule has 0 amide bonds. The van der Waals surface area contributed by atoms with Crippen molar-refractivity contribution in [1.82, 2.24) is 4.98 Å². The zero-order valence-corrected chi connectivity index (χ0v) is 15.4. The van der Waals surface area contributed by atoms with Crippen LogP contribution in [-0.4, -0.2) is 18.0 Å². The topological polar surface area (TPSA) is 74.0 Å². The van der Waals surface area contributed by atoms with E-state index in [9.17, 15) is 13.0 Å². The molecule has 5 nitrogen and oxygen atoms in total. The van der Waals surface area contributed by atoms with Crippen LogP contribution in [0, 0.1) is 6.92 Å². The molecule has 134 valence electrons. The molecule has 0 bridgehead atoms. The predicted octanol–water partition coefficient (Wildman–Crippen LogP) is 2.98. The standard InChI is InChI=1S/C13H13N2.C7H8O3S/c1-15-10-6-13(7-11-15)3-2-12-4-8-14-9-5-12;1-6-2-4-7(5-3-6)11(8,9)10/h2-11H,1H3;2-5H,1H3,(H,8,9,10)/q+1;/p-1. The van der Waals surface area contributed by atoms with Crippen molar-refractivity contribution in [3.63, 3.8) is 0 Å². The molecule has 0 N–H and O–H groups in total. The highest BCUT2D eigenvalue weighted by Crippen LogP contribution is 2.08. The maximum absolute atomic E-state index is 10.4. The van der Waals surface area contributed by atoms with Gasteiger partial charge in [0.25, 0.3) is 0 Å². The second kappa shape index (κ2) is 9.03. The maximum atomic E-state index is 10.4. The Balaban J connectivity index is 0.000000197. The Hall–Kier alpha value is -2.83. The van der Waals surface area contributed by atoms with Crippen LogP contribution in [-0.2, 0) is 17.2 Å². The summed E-state index contributed by atoms with van der Waals surface area (Å²) in [7, 11) is -2.26. The molecule has 0 aliphatic carbocycles. The number of hydrogen-bond acceptors (Lipinski definition) is 4. The van der Waals surface area contributed by atoms with Crippen molar-refractivity contribution in [3.8, 4) is 0 Å². The van der Waals surface area contributed by atoms with Gasteiger partial charge in [-0.25, -0.2) is 13.0 Å². The Morgan fingerprint density at radius 1 is 0.885 bits per heavy atom. The van der Waals surface area contributed by atoms with E-state index in [1.807, 2.05) is 43.1 Å². The van der Waals surface area contributed by atoms with Crippen LogP contribution in [0.5, 0.6) is 0 Å². The van der Waals surface area contributed by atoms with Crippen molar-refractivity contribution >= 4 is 22.3 Å². The second-order valence-corrected chi connectivity index (χ2v) is 7.06. The highest BCUT2D eigenvalue weighted by Gasteiger charge is 1.97. The number of nitrogens with zero attached hydrogens (tertiary/aromatic N) is 2. The monoisotopic (exact) mass is 368 g/mol. The zero-order valence-electron chi connectivity index (χ0n) is 14.6.